The number of hydrogen-bond donors (Lipinski definition) is 3. The standard InChI is InChI=1S/C21H20ClN3O4/c1-13-16-5-2-3-6-17(16)29-19(13)21(28)25-24-18(26)7-4-12-23-20(27)14-8-10-15(22)11-9-14/h2-3,5-6,8-11H,4,7,12H2,1H3,(H,23,27)(H,24,26)(H,25,28). The van der Waals surface area contributed by atoms with Gasteiger partial charge in [0.15, 0.2) is 5.76 Å². The molecule has 0 spiro atoms. The second-order valence-corrected chi connectivity index (χ2v) is 6.86. The molecule has 0 aliphatic heterocycles. The third kappa shape index (κ3) is 5.14. The van der Waals surface area contributed by atoms with Crippen molar-refractivity contribution in [3.8, 4) is 0 Å². The molecule has 29 heavy (non-hydrogen) atoms. The fraction of sp³-hybridized carbons (Fsp3) is 0.190. The minimum Gasteiger partial charge on any atom is -0.451 e. The molecule has 3 amide bonds. The van der Waals surface area contributed by atoms with Crippen molar-refractivity contribution in [1.82, 2.24) is 16.2 Å². The zero-order valence-electron chi connectivity index (χ0n) is 15.8. The van der Waals surface area contributed by atoms with Crippen LogP contribution in [0, 0.1) is 6.92 Å². The molecular formula is C21H20ClN3O4. The van der Waals surface area contributed by atoms with E-state index in [1.807, 2.05) is 18.2 Å². The quantitative estimate of drug-likeness (QED) is 0.426. The summed E-state index contributed by atoms with van der Waals surface area (Å²) >= 11 is 5.79. The Hall–Kier alpha value is -3.32. The maximum atomic E-state index is 12.3. The van der Waals surface area contributed by atoms with E-state index in [1.165, 1.54) is 0 Å². The SMILES string of the molecule is Cc1c(C(=O)NNC(=O)CCCNC(=O)c2ccc(Cl)cc2)oc2ccccc12. The molecule has 2 aromatic carbocycles. The number of rotatable bonds is 6. The average Bonchev–Trinajstić information content (AvgIpc) is 3.06. The minimum absolute atomic E-state index is 0.139. The summed E-state index contributed by atoms with van der Waals surface area (Å²) in [5.41, 5.74) is 6.51. The maximum absolute atomic E-state index is 12.3. The molecule has 3 rings (SSSR count). The number of halogens is 1. The van der Waals surface area contributed by atoms with Crippen LogP contribution in [0.5, 0.6) is 0 Å². The Balaban J connectivity index is 1.40. The summed E-state index contributed by atoms with van der Waals surface area (Å²) in [7, 11) is 0. The lowest BCUT2D eigenvalue weighted by Crippen LogP contribution is -2.41. The second kappa shape index (κ2) is 9.25. The smallest absolute Gasteiger partial charge is 0.305 e. The molecule has 0 fully saturated rings. The van der Waals surface area contributed by atoms with Crippen LogP contribution >= 0.6 is 11.6 Å². The molecule has 0 unspecified atom stereocenters. The van der Waals surface area contributed by atoms with Gasteiger partial charge in [-0.25, -0.2) is 0 Å². The minimum atomic E-state index is -0.525. The summed E-state index contributed by atoms with van der Waals surface area (Å²) in [6, 6.07) is 13.8. The molecule has 7 nitrogen and oxygen atoms in total. The van der Waals surface area contributed by atoms with Crippen molar-refractivity contribution < 1.29 is 18.8 Å². The number of carbonyl (C=O) groups excluding carboxylic acids is 3. The van der Waals surface area contributed by atoms with E-state index in [0.29, 0.717) is 34.7 Å². The van der Waals surface area contributed by atoms with E-state index in [1.54, 1.807) is 37.3 Å². The molecule has 3 aromatic rings. The number of nitrogens with one attached hydrogen (secondary N) is 3. The van der Waals surface area contributed by atoms with Gasteiger partial charge >= 0.3 is 5.91 Å². The molecule has 0 saturated carbocycles. The van der Waals surface area contributed by atoms with Crippen molar-refractivity contribution in [2.75, 3.05) is 6.54 Å². The van der Waals surface area contributed by atoms with Crippen molar-refractivity contribution in [1.29, 1.82) is 0 Å². The predicted octanol–water partition coefficient (Wildman–Crippen LogP) is 3.37. The highest BCUT2D eigenvalue weighted by Crippen LogP contribution is 2.24. The highest BCUT2D eigenvalue weighted by atomic mass is 35.5. The molecule has 0 saturated heterocycles. The van der Waals surface area contributed by atoms with E-state index in [2.05, 4.69) is 16.2 Å². The van der Waals surface area contributed by atoms with E-state index in [9.17, 15) is 14.4 Å². The third-order valence-electron chi connectivity index (χ3n) is 4.34. The van der Waals surface area contributed by atoms with E-state index in [4.69, 9.17) is 16.0 Å². The zero-order valence-corrected chi connectivity index (χ0v) is 16.5. The van der Waals surface area contributed by atoms with Crippen LogP contribution in [0.2, 0.25) is 5.02 Å². The van der Waals surface area contributed by atoms with Crippen LogP contribution in [0.4, 0.5) is 0 Å². The Bertz CT molecular complexity index is 1040. The van der Waals surface area contributed by atoms with Crippen LogP contribution in [0.1, 0.15) is 39.3 Å². The number of hydrogen-bond acceptors (Lipinski definition) is 4. The monoisotopic (exact) mass is 413 g/mol. The maximum Gasteiger partial charge on any atom is 0.305 e. The Labute approximate surface area is 172 Å². The van der Waals surface area contributed by atoms with Gasteiger partial charge in [0.1, 0.15) is 5.58 Å². The van der Waals surface area contributed by atoms with E-state index >= 15 is 0 Å². The molecule has 1 heterocycles. The topological polar surface area (TPSA) is 100 Å². The Morgan fingerprint density at radius 1 is 0.966 bits per heavy atom. The molecule has 150 valence electrons. The largest absolute Gasteiger partial charge is 0.451 e. The summed E-state index contributed by atoms with van der Waals surface area (Å²) in [5, 5.41) is 4.12. The van der Waals surface area contributed by atoms with Gasteiger partial charge in [0.05, 0.1) is 0 Å². The summed E-state index contributed by atoms with van der Waals surface area (Å²) in [4.78, 5) is 36.1. The number of amides is 3. The van der Waals surface area contributed by atoms with Gasteiger partial charge in [-0.2, -0.15) is 0 Å². The summed E-state index contributed by atoms with van der Waals surface area (Å²) in [6.07, 6.45) is 0.561. The summed E-state index contributed by atoms with van der Waals surface area (Å²) in [5.74, 6) is -0.978. The predicted molar refractivity (Wildman–Crippen MR) is 110 cm³/mol. The number of hydrazine groups is 1. The molecule has 0 aliphatic carbocycles. The van der Waals surface area contributed by atoms with Crippen LogP contribution in [0.15, 0.2) is 52.9 Å². The molecular weight excluding hydrogens is 394 g/mol. The van der Waals surface area contributed by atoms with Crippen molar-refractivity contribution in [2.45, 2.75) is 19.8 Å². The van der Waals surface area contributed by atoms with Gasteiger partial charge in [-0.3, -0.25) is 25.2 Å². The van der Waals surface area contributed by atoms with Crippen LogP contribution in [0.3, 0.4) is 0 Å². The van der Waals surface area contributed by atoms with Crippen molar-refractivity contribution in [3.05, 3.63) is 70.4 Å². The number of para-hydroxylation sites is 1. The van der Waals surface area contributed by atoms with Crippen LogP contribution < -0.4 is 16.2 Å². The lowest BCUT2D eigenvalue weighted by molar-refractivity contribution is -0.121. The van der Waals surface area contributed by atoms with Crippen molar-refractivity contribution >= 4 is 40.3 Å². The average molecular weight is 414 g/mol. The fourth-order valence-corrected chi connectivity index (χ4v) is 2.92. The Kier molecular flexibility index (Phi) is 6.51. The van der Waals surface area contributed by atoms with Gasteiger partial charge in [-0.1, -0.05) is 29.8 Å². The molecule has 0 radical (unpaired) electrons. The number of carbonyl (C=O) groups is 3. The lowest BCUT2D eigenvalue weighted by atomic mass is 10.1. The highest BCUT2D eigenvalue weighted by Gasteiger charge is 2.17. The fourth-order valence-electron chi connectivity index (χ4n) is 2.79. The zero-order chi connectivity index (χ0) is 20.8. The lowest BCUT2D eigenvalue weighted by Gasteiger charge is -2.07. The van der Waals surface area contributed by atoms with Gasteiger partial charge in [0.25, 0.3) is 5.91 Å². The Morgan fingerprint density at radius 3 is 2.41 bits per heavy atom. The first kappa shape index (κ1) is 20.4. The van der Waals surface area contributed by atoms with E-state index in [0.717, 1.165) is 5.39 Å². The molecule has 1 aromatic heterocycles. The second-order valence-electron chi connectivity index (χ2n) is 6.42. The van der Waals surface area contributed by atoms with Crippen molar-refractivity contribution in [3.63, 3.8) is 0 Å². The van der Waals surface area contributed by atoms with Gasteiger partial charge in [0, 0.05) is 34.5 Å². The van der Waals surface area contributed by atoms with Gasteiger partial charge in [-0.05, 0) is 43.7 Å². The molecule has 0 atom stereocenters. The number of aryl methyl sites for hydroxylation is 1. The van der Waals surface area contributed by atoms with E-state index in [-0.39, 0.29) is 24.0 Å². The van der Waals surface area contributed by atoms with Gasteiger partial charge in [0.2, 0.25) is 5.91 Å². The first-order valence-corrected chi connectivity index (χ1v) is 9.44. The Morgan fingerprint density at radius 2 is 1.69 bits per heavy atom. The van der Waals surface area contributed by atoms with Crippen LogP contribution in [0.25, 0.3) is 11.0 Å². The number of fused-ring (bicyclic) bond motifs is 1. The normalized spacial score (nSPS) is 10.6. The van der Waals surface area contributed by atoms with E-state index < -0.39 is 5.91 Å². The van der Waals surface area contributed by atoms with Gasteiger partial charge < -0.3 is 9.73 Å². The van der Waals surface area contributed by atoms with Crippen molar-refractivity contribution in [2.24, 2.45) is 0 Å². The first-order chi connectivity index (χ1) is 14.0. The van der Waals surface area contributed by atoms with Gasteiger partial charge in [-0.15, -0.1) is 0 Å². The summed E-state index contributed by atoms with van der Waals surface area (Å²) < 4.78 is 5.55. The number of benzene rings is 2. The molecule has 0 aliphatic rings. The third-order valence-corrected chi connectivity index (χ3v) is 4.59. The molecule has 0 bridgehead atoms. The molecule has 8 heteroatoms. The highest BCUT2D eigenvalue weighted by molar-refractivity contribution is 6.30. The molecule has 3 N–H and O–H groups in total. The van der Waals surface area contributed by atoms with Crippen LogP contribution in [-0.4, -0.2) is 24.3 Å². The first-order valence-electron chi connectivity index (χ1n) is 9.07. The van der Waals surface area contributed by atoms with Crippen LogP contribution in [-0.2, 0) is 4.79 Å². The number of furan rings is 1. The summed E-state index contributed by atoms with van der Waals surface area (Å²) in [6.45, 7) is 2.11.